The van der Waals surface area contributed by atoms with Crippen LogP contribution in [-0.2, 0) is 10.0 Å². The van der Waals surface area contributed by atoms with Crippen LogP contribution in [0.2, 0.25) is 5.15 Å². The van der Waals surface area contributed by atoms with Crippen LogP contribution in [0.15, 0.2) is 23.2 Å². The number of halogens is 1. The van der Waals surface area contributed by atoms with Gasteiger partial charge in [-0.15, -0.1) is 0 Å². The lowest BCUT2D eigenvalue weighted by atomic mass is 10.5. The summed E-state index contributed by atoms with van der Waals surface area (Å²) in [6.07, 6.45) is 2.07. The van der Waals surface area contributed by atoms with Crippen LogP contribution < -0.4 is 4.72 Å². The van der Waals surface area contributed by atoms with Crippen LogP contribution in [0.3, 0.4) is 0 Å². The second kappa shape index (κ2) is 7.96. The molecule has 1 rings (SSSR count). The second-order valence-electron chi connectivity index (χ2n) is 3.40. The number of aliphatic hydroxyl groups excluding tert-OH is 1. The number of hydrogen-bond donors (Lipinski definition) is 2. The number of nitrogens with one attached hydrogen (secondary N) is 1. The summed E-state index contributed by atoms with van der Waals surface area (Å²) in [4.78, 5) is 3.84. The van der Waals surface area contributed by atoms with Crippen LogP contribution in [0.25, 0.3) is 0 Å². The zero-order valence-electron chi connectivity index (χ0n) is 9.67. The minimum atomic E-state index is -3.51. The van der Waals surface area contributed by atoms with Gasteiger partial charge in [0.15, 0.2) is 0 Å². The van der Waals surface area contributed by atoms with Crippen molar-refractivity contribution in [2.75, 3.05) is 24.7 Å². The molecular formula is C10H15ClN2O3S2. The van der Waals surface area contributed by atoms with Gasteiger partial charge < -0.3 is 5.11 Å². The SMILES string of the molecule is O=S(=O)(NCCSCCCO)c1ccnc(Cl)c1. The van der Waals surface area contributed by atoms with E-state index >= 15 is 0 Å². The lowest BCUT2D eigenvalue weighted by Gasteiger charge is -2.06. The first-order valence-corrected chi connectivity index (χ1v) is 8.37. The van der Waals surface area contributed by atoms with Gasteiger partial charge in [-0.1, -0.05) is 11.6 Å². The van der Waals surface area contributed by atoms with Gasteiger partial charge in [-0.05, 0) is 24.3 Å². The molecule has 0 aromatic carbocycles. The average molecular weight is 311 g/mol. The van der Waals surface area contributed by atoms with Gasteiger partial charge in [0.2, 0.25) is 10.0 Å². The molecule has 102 valence electrons. The van der Waals surface area contributed by atoms with Crippen LogP contribution in [0.1, 0.15) is 6.42 Å². The normalized spacial score (nSPS) is 11.7. The summed E-state index contributed by atoms with van der Waals surface area (Å²) in [5.41, 5.74) is 0. The molecule has 0 spiro atoms. The highest BCUT2D eigenvalue weighted by Crippen LogP contribution is 2.12. The standard InChI is InChI=1S/C10H15ClN2O3S2/c11-10-8-9(2-3-12-10)18(15,16)13-4-7-17-6-1-5-14/h2-3,8,13-14H,1,4-7H2. The average Bonchev–Trinajstić information content (AvgIpc) is 2.33. The van der Waals surface area contributed by atoms with Gasteiger partial charge in [-0.2, -0.15) is 11.8 Å². The quantitative estimate of drug-likeness (QED) is 0.556. The number of rotatable bonds is 8. The molecule has 8 heteroatoms. The van der Waals surface area contributed by atoms with E-state index in [2.05, 4.69) is 9.71 Å². The predicted octanol–water partition coefficient (Wildman–Crippen LogP) is 1.13. The van der Waals surface area contributed by atoms with Gasteiger partial charge in [0, 0.05) is 25.1 Å². The smallest absolute Gasteiger partial charge is 0.240 e. The van der Waals surface area contributed by atoms with Crippen molar-refractivity contribution in [2.24, 2.45) is 0 Å². The van der Waals surface area contributed by atoms with Gasteiger partial charge in [0.05, 0.1) is 4.90 Å². The van der Waals surface area contributed by atoms with Gasteiger partial charge in [0.1, 0.15) is 5.15 Å². The first kappa shape index (κ1) is 15.7. The zero-order valence-corrected chi connectivity index (χ0v) is 12.1. The third-order valence-corrected chi connectivity index (χ3v) is 4.73. The Morgan fingerprint density at radius 1 is 1.44 bits per heavy atom. The molecule has 5 nitrogen and oxygen atoms in total. The highest BCUT2D eigenvalue weighted by molar-refractivity contribution is 7.99. The van der Waals surface area contributed by atoms with Gasteiger partial charge in [0.25, 0.3) is 0 Å². The van der Waals surface area contributed by atoms with Crippen molar-refractivity contribution in [3.05, 3.63) is 23.5 Å². The van der Waals surface area contributed by atoms with Crippen LogP contribution in [-0.4, -0.2) is 43.2 Å². The lowest BCUT2D eigenvalue weighted by Crippen LogP contribution is -2.26. The zero-order chi connectivity index (χ0) is 13.4. The molecule has 18 heavy (non-hydrogen) atoms. The first-order chi connectivity index (χ1) is 8.56. The Balaban J connectivity index is 2.41. The Bertz CT molecular complexity index is 468. The van der Waals surface area contributed by atoms with Crippen molar-refractivity contribution in [1.29, 1.82) is 0 Å². The topological polar surface area (TPSA) is 79.3 Å². The van der Waals surface area contributed by atoms with Crippen LogP contribution >= 0.6 is 23.4 Å². The molecule has 0 atom stereocenters. The minimum absolute atomic E-state index is 0.114. The Labute approximate surface area is 116 Å². The highest BCUT2D eigenvalue weighted by Gasteiger charge is 2.13. The number of sulfonamides is 1. The van der Waals surface area contributed by atoms with E-state index < -0.39 is 10.0 Å². The maximum absolute atomic E-state index is 11.8. The fraction of sp³-hybridized carbons (Fsp3) is 0.500. The van der Waals surface area contributed by atoms with Gasteiger partial charge in [-0.3, -0.25) is 0 Å². The first-order valence-electron chi connectivity index (χ1n) is 5.36. The molecule has 0 saturated heterocycles. The molecule has 0 aliphatic carbocycles. The summed E-state index contributed by atoms with van der Waals surface area (Å²) in [6, 6.07) is 2.70. The third-order valence-electron chi connectivity index (χ3n) is 1.99. The van der Waals surface area contributed by atoms with E-state index in [1.165, 1.54) is 18.3 Å². The fourth-order valence-electron chi connectivity index (χ4n) is 1.15. The van der Waals surface area contributed by atoms with Crippen LogP contribution in [0.4, 0.5) is 0 Å². The Hall–Kier alpha value is -0.340. The molecule has 1 aromatic heterocycles. The number of thioether (sulfide) groups is 1. The molecule has 0 radical (unpaired) electrons. The van der Waals surface area contributed by atoms with Crippen LogP contribution in [0.5, 0.6) is 0 Å². The number of nitrogens with zero attached hydrogens (tertiary/aromatic N) is 1. The molecule has 0 saturated carbocycles. The van der Waals surface area contributed by atoms with E-state index in [1.54, 1.807) is 11.8 Å². The Morgan fingerprint density at radius 2 is 2.22 bits per heavy atom. The van der Waals surface area contributed by atoms with E-state index in [4.69, 9.17) is 16.7 Å². The minimum Gasteiger partial charge on any atom is -0.396 e. The number of hydrogen-bond acceptors (Lipinski definition) is 5. The predicted molar refractivity (Wildman–Crippen MR) is 73.5 cm³/mol. The van der Waals surface area contributed by atoms with Crippen molar-refractivity contribution in [3.8, 4) is 0 Å². The number of aliphatic hydroxyl groups is 1. The molecule has 0 aliphatic rings. The molecule has 0 amide bonds. The van der Waals surface area contributed by atoms with E-state index in [1.807, 2.05) is 0 Å². The summed E-state index contributed by atoms with van der Waals surface area (Å²) in [6.45, 7) is 0.507. The fourth-order valence-corrected chi connectivity index (χ4v) is 3.35. The highest BCUT2D eigenvalue weighted by atomic mass is 35.5. The molecule has 0 bridgehead atoms. The summed E-state index contributed by atoms with van der Waals surface area (Å²) in [5.74, 6) is 1.48. The van der Waals surface area contributed by atoms with Crippen molar-refractivity contribution >= 4 is 33.4 Å². The second-order valence-corrected chi connectivity index (χ2v) is 6.78. The number of aromatic nitrogens is 1. The third kappa shape index (κ3) is 5.53. The molecule has 1 aromatic rings. The summed E-state index contributed by atoms with van der Waals surface area (Å²) in [5, 5.41) is 8.73. The van der Waals surface area contributed by atoms with Crippen LogP contribution in [0, 0.1) is 0 Å². The Kier molecular flexibility index (Phi) is 6.95. The molecule has 0 fully saturated rings. The van der Waals surface area contributed by atoms with E-state index in [-0.39, 0.29) is 16.7 Å². The summed E-state index contributed by atoms with van der Waals surface area (Å²) < 4.78 is 26.1. The van der Waals surface area contributed by atoms with Gasteiger partial charge >= 0.3 is 0 Å². The molecule has 2 N–H and O–H groups in total. The Morgan fingerprint density at radius 3 is 2.89 bits per heavy atom. The largest absolute Gasteiger partial charge is 0.396 e. The summed E-state index contributed by atoms with van der Waals surface area (Å²) in [7, 11) is -3.51. The monoisotopic (exact) mass is 310 g/mol. The maximum Gasteiger partial charge on any atom is 0.240 e. The molecule has 0 unspecified atom stereocenters. The van der Waals surface area contributed by atoms with E-state index in [0.29, 0.717) is 12.3 Å². The van der Waals surface area contributed by atoms with Crippen molar-refractivity contribution in [3.63, 3.8) is 0 Å². The molecule has 1 heterocycles. The molecule has 0 aliphatic heterocycles. The van der Waals surface area contributed by atoms with E-state index in [9.17, 15) is 8.42 Å². The van der Waals surface area contributed by atoms with Crippen molar-refractivity contribution in [1.82, 2.24) is 9.71 Å². The van der Waals surface area contributed by atoms with Crippen molar-refractivity contribution < 1.29 is 13.5 Å². The van der Waals surface area contributed by atoms with Crippen molar-refractivity contribution in [2.45, 2.75) is 11.3 Å². The number of pyridine rings is 1. The summed E-state index contributed by atoms with van der Waals surface area (Å²) >= 11 is 7.23. The maximum atomic E-state index is 11.8. The van der Waals surface area contributed by atoms with Gasteiger partial charge in [-0.25, -0.2) is 18.1 Å². The van der Waals surface area contributed by atoms with E-state index in [0.717, 1.165) is 12.2 Å². The lowest BCUT2D eigenvalue weighted by molar-refractivity contribution is 0.296. The molecular weight excluding hydrogens is 296 g/mol.